The minimum atomic E-state index is 0.472. The zero-order chi connectivity index (χ0) is 13.5. The SMILES string of the molecule is CCCNCc1ccoc1COc1cccc(C)c1. The predicted octanol–water partition coefficient (Wildman–Crippen LogP) is 3.67. The van der Waals surface area contributed by atoms with Gasteiger partial charge in [0.2, 0.25) is 0 Å². The van der Waals surface area contributed by atoms with Crippen LogP contribution in [0.1, 0.15) is 30.2 Å². The van der Waals surface area contributed by atoms with Crippen molar-refractivity contribution in [1.82, 2.24) is 5.32 Å². The first-order chi connectivity index (χ1) is 9.29. The van der Waals surface area contributed by atoms with Crippen LogP contribution in [0.15, 0.2) is 41.0 Å². The van der Waals surface area contributed by atoms with Crippen molar-refractivity contribution in [2.45, 2.75) is 33.4 Å². The van der Waals surface area contributed by atoms with E-state index in [1.54, 1.807) is 6.26 Å². The van der Waals surface area contributed by atoms with E-state index in [0.717, 1.165) is 31.0 Å². The molecule has 0 saturated heterocycles. The second-order valence-electron chi connectivity index (χ2n) is 4.65. The summed E-state index contributed by atoms with van der Waals surface area (Å²) in [6.45, 7) is 6.53. The molecule has 0 saturated carbocycles. The number of hydrogen-bond donors (Lipinski definition) is 1. The summed E-state index contributed by atoms with van der Waals surface area (Å²) in [6.07, 6.45) is 2.85. The third-order valence-corrected chi connectivity index (χ3v) is 2.94. The summed E-state index contributed by atoms with van der Waals surface area (Å²) >= 11 is 0. The highest BCUT2D eigenvalue weighted by atomic mass is 16.5. The van der Waals surface area contributed by atoms with Gasteiger partial charge in [0.15, 0.2) is 0 Å². The van der Waals surface area contributed by atoms with E-state index in [4.69, 9.17) is 9.15 Å². The Bertz CT molecular complexity index is 505. The van der Waals surface area contributed by atoms with Crippen molar-refractivity contribution in [3.63, 3.8) is 0 Å². The largest absolute Gasteiger partial charge is 0.486 e. The van der Waals surface area contributed by atoms with Crippen molar-refractivity contribution >= 4 is 0 Å². The number of hydrogen-bond acceptors (Lipinski definition) is 3. The number of rotatable bonds is 7. The molecule has 0 aliphatic carbocycles. The summed E-state index contributed by atoms with van der Waals surface area (Å²) in [7, 11) is 0. The lowest BCUT2D eigenvalue weighted by Gasteiger charge is -2.07. The molecule has 0 amide bonds. The fourth-order valence-electron chi connectivity index (χ4n) is 1.90. The molecule has 102 valence electrons. The summed E-state index contributed by atoms with van der Waals surface area (Å²) < 4.78 is 11.2. The summed E-state index contributed by atoms with van der Waals surface area (Å²) in [5.41, 5.74) is 2.36. The molecule has 0 fully saturated rings. The number of nitrogens with one attached hydrogen (secondary N) is 1. The van der Waals surface area contributed by atoms with Crippen LogP contribution in [0.3, 0.4) is 0 Å². The van der Waals surface area contributed by atoms with Crippen molar-refractivity contribution in [3.8, 4) is 5.75 Å². The van der Waals surface area contributed by atoms with Gasteiger partial charge in [-0.05, 0) is 43.7 Å². The van der Waals surface area contributed by atoms with Crippen LogP contribution in [0.25, 0.3) is 0 Å². The van der Waals surface area contributed by atoms with Gasteiger partial charge in [-0.2, -0.15) is 0 Å². The van der Waals surface area contributed by atoms with Gasteiger partial charge in [-0.15, -0.1) is 0 Å². The molecule has 0 atom stereocenters. The lowest BCUT2D eigenvalue weighted by molar-refractivity contribution is 0.268. The molecule has 0 aliphatic rings. The quantitative estimate of drug-likeness (QED) is 0.770. The van der Waals surface area contributed by atoms with Gasteiger partial charge >= 0.3 is 0 Å². The first-order valence-electron chi connectivity index (χ1n) is 6.75. The maximum atomic E-state index is 5.76. The zero-order valence-corrected chi connectivity index (χ0v) is 11.6. The van der Waals surface area contributed by atoms with Crippen molar-refractivity contribution in [2.75, 3.05) is 6.54 Å². The van der Waals surface area contributed by atoms with E-state index in [1.807, 2.05) is 24.3 Å². The zero-order valence-electron chi connectivity index (χ0n) is 11.6. The second kappa shape index (κ2) is 7.00. The lowest BCUT2D eigenvalue weighted by atomic mass is 10.2. The van der Waals surface area contributed by atoms with E-state index in [0.29, 0.717) is 6.61 Å². The molecule has 1 N–H and O–H groups in total. The van der Waals surface area contributed by atoms with Crippen LogP contribution in [0.4, 0.5) is 0 Å². The number of ether oxygens (including phenoxy) is 1. The predicted molar refractivity (Wildman–Crippen MR) is 76.2 cm³/mol. The standard InChI is InChI=1S/C16H21NO2/c1-3-8-17-11-14-7-9-18-16(14)12-19-15-6-4-5-13(2)10-15/h4-7,9-10,17H,3,8,11-12H2,1-2H3. The summed E-state index contributed by atoms with van der Waals surface area (Å²) in [4.78, 5) is 0. The minimum absolute atomic E-state index is 0.472. The molecule has 2 rings (SSSR count). The highest BCUT2D eigenvalue weighted by molar-refractivity contribution is 5.28. The number of furan rings is 1. The fraction of sp³-hybridized carbons (Fsp3) is 0.375. The Morgan fingerprint density at radius 1 is 1.26 bits per heavy atom. The Morgan fingerprint density at radius 3 is 2.95 bits per heavy atom. The minimum Gasteiger partial charge on any atom is -0.486 e. The van der Waals surface area contributed by atoms with Gasteiger partial charge in [0.25, 0.3) is 0 Å². The van der Waals surface area contributed by atoms with Crippen LogP contribution in [-0.4, -0.2) is 6.54 Å². The van der Waals surface area contributed by atoms with Crippen LogP contribution in [0, 0.1) is 6.92 Å². The molecule has 1 aromatic heterocycles. The lowest BCUT2D eigenvalue weighted by Crippen LogP contribution is -2.14. The van der Waals surface area contributed by atoms with Crippen molar-refractivity contribution < 1.29 is 9.15 Å². The third-order valence-electron chi connectivity index (χ3n) is 2.94. The van der Waals surface area contributed by atoms with E-state index in [1.165, 1.54) is 11.1 Å². The van der Waals surface area contributed by atoms with Gasteiger partial charge in [-0.25, -0.2) is 0 Å². The Balaban J connectivity index is 1.90. The molecule has 1 heterocycles. The van der Waals surface area contributed by atoms with E-state index < -0.39 is 0 Å². The average molecular weight is 259 g/mol. The molecule has 0 unspecified atom stereocenters. The maximum absolute atomic E-state index is 5.76. The van der Waals surface area contributed by atoms with E-state index in [-0.39, 0.29) is 0 Å². The highest BCUT2D eigenvalue weighted by Gasteiger charge is 2.06. The van der Waals surface area contributed by atoms with Gasteiger partial charge in [0.05, 0.1) is 6.26 Å². The van der Waals surface area contributed by atoms with Crippen molar-refractivity contribution in [1.29, 1.82) is 0 Å². The Hall–Kier alpha value is -1.74. The van der Waals surface area contributed by atoms with Crippen LogP contribution in [0.2, 0.25) is 0 Å². The second-order valence-corrected chi connectivity index (χ2v) is 4.65. The van der Waals surface area contributed by atoms with Crippen molar-refractivity contribution in [2.24, 2.45) is 0 Å². The summed E-state index contributed by atoms with van der Waals surface area (Å²) in [5, 5.41) is 3.37. The monoisotopic (exact) mass is 259 g/mol. The molecule has 3 nitrogen and oxygen atoms in total. The molecule has 0 aliphatic heterocycles. The molecule has 1 aromatic carbocycles. The topological polar surface area (TPSA) is 34.4 Å². The van der Waals surface area contributed by atoms with E-state index in [2.05, 4.69) is 25.2 Å². The molecule has 0 spiro atoms. The van der Waals surface area contributed by atoms with Gasteiger partial charge in [0.1, 0.15) is 18.1 Å². The first kappa shape index (κ1) is 13.7. The Morgan fingerprint density at radius 2 is 2.16 bits per heavy atom. The summed E-state index contributed by atoms with van der Waals surface area (Å²) in [6, 6.07) is 10.0. The van der Waals surface area contributed by atoms with Crippen LogP contribution < -0.4 is 10.1 Å². The number of benzene rings is 1. The molecule has 0 bridgehead atoms. The molecular weight excluding hydrogens is 238 g/mol. The van der Waals surface area contributed by atoms with Gasteiger partial charge in [0, 0.05) is 12.1 Å². The molecule has 19 heavy (non-hydrogen) atoms. The third kappa shape index (κ3) is 4.14. The number of aryl methyl sites for hydroxylation is 1. The molecular formula is C16H21NO2. The fourth-order valence-corrected chi connectivity index (χ4v) is 1.90. The van der Waals surface area contributed by atoms with Gasteiger partial charge < -0.3 is 14.5 Å². The normalized spacial score (nSPS) is 10.6. The Kier molecular flexibility index (Phi) is 5.04. The molecule has 0 radical (unpaired) electrons. The Labute approximate surface area is 114 Å². The highest BCUT2D eigenvalue weighted by Crippen LogP contribution is 2.17. The van der Waals surface area contributed by atoms with Gasteiger partial charge in [-0.3, -0.25) is 0 Å². The van der Waals surface area contributed by atoms with Crippen molar-refractivity contribution in [3.05, 3.63) is 53.5 Å². The van der Waals surface area contributed by atoms with Crippen LogP contribution in [-0.2, 0) is 13.2 Å². The molecule has 2 aromatic rings. The van der Waals surface area contributed by atoms with Crippen LogP contribution in [0.5, 0.6) is 5.75 Å². The molecule has 3 heteroatoms. The van der Waals surface area contributed by atoms with E-state index >= 15 is 0 Å². The average Bonchev–Trinajstić information content (AvgIpc) is 2.84. The summed E-state index contributed by atoms with van der Waals surface area (Å²) in [5.74, 6) is 1.77. The maximum Gasteiger partial charge on any atom is 0.146 e. The first-order valence-corrected chi connectivity index (χ1v) is 6.75. The van der Waals surface area contributed by atoms with Gasteiger partial charge in [-0.1, -0.05) is 19.1 Å². The van der Waals surface area contributed by atoms with Crippen LogP contribution >= 0.6 is 0 Å². The smallest absolute Gasteiger partial charge is 0.146 e. The van der Waals surface area contributed by atoms with E-state index in [9.17, 15) is 0 Å².